The van der Waals surface area contributed by atoms with Gasteiger partial charge in [0.25, 0.3) is 0 Å². The number of nitrogens with zero attached hydrogens (tertiary/aromatic N) is 1. The van der Waals surface area contributed by atoms with Crippen molar-refractivity contribution in [2.45, 2.75) is 45.6 Å². The van der Waals surface area contributed by atoms with Gasteiger partial charge in [-0.3, -0.25) is 0 Å². The number of hydrogen-bond donors (Lipinski definition) is 1. The highest BCUT2D eigenvalue weighted by atomic mass is 16.2. The molecule has 0 aliphatic heterocycles. The summed E-state index contributed by atoms with van der Waals surface area (Å²) in [6.45, 7) is 5.19. The van der Waals surface area contributed by atoms with Crippen LogP contribution in [0.1, 0.15) is 39.5 Å². The number of rotatable bonds is 4. The van der Waals surface area contributed by atoms with E-state index in [0.29, 0.717) is 12.0 Å². The van der Waals surface area contributed by atoms with E-state index in [4.69, 9.17) is 0 Å². The summed E-state index contributed by atoms with van der Waals surface area (Å²) >= 11 is 0. The van der Waals surface area contributed by atoms with Crippen molar-refractivity contribution < 1.29 is 4.79 Å². The summed E-state index contributed by atoms with van der Waals surface area (Å²) in [6, 6.07) is 0.539. The Morgan fingerprint density at radius 1 is 1.57 bits per heavy atom. The smallest absolute Gasteiger partial charge is 0.317 e. The maximum Gasteiger partial charge on any atom is 0.317 e. The molecule has 1 saturated carbocycles. The Labute approximate surface area is 86.9 Å². The van der Waals surface area contributed by atoms with E-state index >= 15 is 0 Å². The van der Waals surface area contributed by atoms with Crippen LogP contribution in [0.5, 0.6) is 0 Å². The number of urea groups is 1. The van der Waals surface area contributed by atoms with Crippen LogP contribution in [0.25, 0.3) is 0 Å². The zero-order valence-electron chi connectivity index (χ0n) is 9.55. The number of carbonyl (C=O) groups is 1. The molecule has 2 amide bonds. The monoisotopic (exact) mass is 198 g/mol. The Balaban J connectivity index is 2.21. The van der Waals surface area contributed by atoms with E-state index in [1.165, 1.54) is 6.42 Å². The molecule has 1 aliphatic rings. The maximum absolute atomic E-state index is 11.6. The number of nitrogens with one attached hydrogen (secondary N) is 1. The molecule has 1 N–H and O–H groups in total. The van der Waals surface area contributed by atoms with Crippen LogP contribution in [0.2, 0.25) is 0 Å². The lowest BCUT2D eigenvalue weighted by molar-refractivity contribution is 0.190. The standard InChI is InChI=1S/C11H22N2O/c1-4-9(2)8-13(3)11(14)12-10-6-5-7-10/h9-10H,4-8H2,1-3H3,(H,12,14). The number of amides is 2. The molecule has 0 saturated heterocycles. The number of carbonyl (C=O) groups excluding carboxylic acids is 1. The first-order chi connectivity index (χ1) is 6.63. The molecule has 0 aromatic heterocycles. The largest absolute Gasteiger partial charge is 0.335 e. The lowest BCUT2D eigenvalue weighted by Crippen LogP contribution is -2.46. The van der Waals surface area contributed by atoms with Crippen molar-refractivity contribution in [3.8, 4) is 0 Å². The minimum absolute atomic E-state index is 0.0926. The zero-order chi connectivity index (χ0) is 10.6. The fourth-order valence-electron chi connectivity index (χ4n) is 1.52. The first kappa shape index (κ1) is 11.3. The third kappa shape index (κ3) is 3.20. The molecular formula is C11H22N2O. The van der Waals surface area contributed by atoms with Gasteiger partial charge in [-0.05, 0) is 25.2 Å². The molecule has 1 unspecified atom stereocenters. The van der Waals surface area contributed by atoms with Crippen molar-refractivity contribution in [3.05, 3.63) is 0 Å². The molecule has 1 fully saturated rings. The normalized spacial score (nSPS) is 18.5. The van der Waals surface area contributed by atoms with Crippen LogP contribution in [0.15, 0.2) is 0 Å². The predicted molar refractivity (Wildman–Crippen MR) is 58.3 cm³/mol. The van der Waals surface area contributed by atoms with Crippen molar-refractivity contribution in [2.24, 2.45) is 5.92 Å². The molecule has 0 bridgehead atoms. The van der Waals surface area contributed by atoms with Crippen molar-refractivity contribution >= 4 is 6.03 Å². The first-order valence-corrected chi connectivity index (χ1v) is 5.65. The van der Waals surface area contributed by atoms with Gasteiger partial charge in [-0.2, -0.15) is 0 Å². The van der Waals surface area contributed by atoms with Gasteiger partial charge in [0.2, 0.25) is 0 Å². The van der Waals surface area contributed by atoms with Gasteiger partial charge in [-0.25, -0.2) is 4.79 Å². The molecule has 3 heteroatoms. The highest BCUT2D eigenvalue weighted by Gasteiger charge is 2.21. The Kier molecular flexibility index (Phi) is 4.23. The molecule has 82 valence electrons. The van der Waals surface area contributed by atoms with Crippen LogP contribution in [0.4, 0.5) is 4.79 Å². The Morgan fingerprint density at radius 3 is 2.64 bits per heavy atom. The van der Waals surface area contributed by atoms with Gasteiger partial charge in [-0.1, -0.05) is 20.3 Å². The van der Waals surface area contributed by atoms with E-state index in [9.17, 15) is 4.79 Å². The molecule has 1 atom stereocenters. The molecule has 0 aromatic carbocycles. The fourth-order valence-corrected chi connectivity index (χ4v) is 1.52. The van der Waals surface area contributed by atoms with Crippen molar-refractivity contribution in [1.29, 1.82) is 0 Å². The Hall–Kier alpha value is -0.730. The van der Waals surface area contributed by atoms with E-state index in [0.717, 1.165) is 25.8 Å². The summed E-state index contributed by atoms with van der Waals surface area (Å²) in [6.07, 6.45) is 4.70. The van der Waals surface area contributed by atoms with Crippen LogP contribution < -0.4 is 5.32 Å². The SMILES string of the molecule is CCC(C)CN(C)C(=O)NC1CCC1. The van der Waals surface area contributed by atoms with Gasteiger partial charge in [0.05, 0.1) is 0 Å². The minimum Gasteiger partial charge on any atom is -0.335 e. The number of hydrogen-bond acceptors (Lipinski definition) is 1. The zero-order valence-corrected chi connectivity index (χ0v) is 9.55. The summed E-state index contributed by atoms with van der Waals surface area (Å²) in [7, 11) is 1.88. The van der Waals surface area contributed by atoms with Crippen LogP contribution in [0, 0.1) is 5.92 Å². The van der Waals surface area contributed by atoms with E-state index in [1.807, 2.05) is 7.05 Å². The second-order valence-electron chi connectivity index (χ2n) is 4.47. The van der Waals surface area contributed by atoms with Crippen LogP contribution >= 0.6 is 0 Å². The third-order valence-electron chi connectivity index (χ3n) is 3.06. The van der Waals surface area contributed by atoms with Gasteiger partial charge in [0.15, 0.2) is 0 Å². The first-order valence-electron chi connectivity index (χ1n) is 5.65. The van der Waals surface area contributed by atoms with Gasteiger partial charge in [-0.15, -0.1) is 0 Å². The van der Waals surface area contributed by atoms with Gasteiger partial charge < -0.3 is 10.2 Å². The van der Waals surface area contributed by atoms with Crippen LogP contribution in [-0.2, 0) is 0 Å². The summed E-state index contributed by atoms with van der Waals surface area (Å²) in [5.41, 5.74) is 0. The average molecular weight is 198 g/mol. The third-order valence-corrected chi connectivity index (χ3v) is 3.06. The molecule has 1 rings (SSSR count). The maximum atomic E-state index is 11.6. The van der Waals surface area contributed by atoms with Crippen molar-refractivity contribution in [2.75, 3.05) is 13.6 Å². The molecule has 0 spiro atoms. The Bertz CT molecular complexity index is 190. The molecule has 14 heavy (non-hydrogen) atoms. The molecule has 0 aromatic rings. The second kappa shape index (κ2) is 5.23. The van der Waals surface area contributed by atoms with Gasteiger partial charge in [0, 0.05) is 19.6 Å². The van der Waals surface area contributed by atoms with Gasteiger partial charge >= 0.3 is 6.03 Å². The average Bonchev–Trinajstić information content (AvgIpc) is 2.10. The second-order valence-corrected chi connectivity index (χ2v) is 4.47. The Morgan fingerprint density at radius 2 is 2.21 bits per heavy atom. The molecule has 1 aliphatic carbocycles. The van der Waals surface area contributed by atoms with Gasteiger partial charge in [0.1, 0.15) is 0 Å². The van der Waals surface area contributed by atoms with E-state index < -0.39 is 0 Å². The fraction of sp³-hybridized carbons (Fsp3) is 0.909. The highest BCUT2D eigenvalue weighted by molar-refractivity contribution is 5.74. The van der Waals surface area contributed by atoms with Crippen molar-refractivity contribution in [3.63, 3.8) is 0 Å². The molecule has 0 radical (unpaired) electrons. The quantitative estimate of drug-likeness (QED) is 0.738. The predicted octanol–water partition coefficient (Wildman–Crippen LogP) is 2.23. The highest BCUT2D eigenvalue weighted by Crippen LogP contribution is 2.18. The summed E-state index contributed by atoms with van der Waals surface area (Å²) in [5, 5.41) is 3.03. The van der Waals surface area contributed by atoms with E-state index in [2.05, 4.69) is 19.2 Å². The summed E-state index contributed by atoms with van der Waals surface area (Å²) < 4.78 is 0. The molecular weight excluding hydrogens is 176 g/mol. The van der Waals surface area contributed by atoms with Crippen LogP contribution in [-0.4, -0.2) is 30.6 Å². The molecule has 0 heterocycles. The lowest BCUT2D eigenvalue weighted by atomic mass is 9.93. The topological polar surface area (TPSA) is 32.3 Å². The summed E-state index contributed by atoms with van der Waals surface area (Å²) in [4.78, 5) is 13.4. The minimum atomic E-state index is 0.0926. The van der Waals surface area contributed by atoms with Crippen LogP contribution in [0.3, 0.4) is 0 Å². The molecule has 3 nitrogen and oxygen atoms in total. The van der Waals surface area contributed by atoms with Crippen molar-refractivity contribution in [1.82, 2.24) is 10.2 Å². The van der Waals surface area contributed by atoms with E-state index in [1.54, 1.807) is 4.90 Å². The lowest BCUT2D eigenvalue weighted by Gasteiger charge is -2.29. The van der Waals surface area contributed by atoms with E-state index in [-0.39, 0.29) is 6.03 Å². The summed E-state index contributed by atoms with van der Waals surface area (Å²) in [5.74, 6) is 0.590.